The van der Waals surface area contributed by atoms with Gasteiger partial charge >= 0.3 is 0 Å². The average molecular weight is 353 g/mol. The summed E-state index contributed by atoms with van der Waals surface area (Å²) in [5.41, 5.74) is 1.80. The Morgan fingerprint density at radius 3 is 2.04 bits per heavy atom. The van der Waals surface area contributed by atoms with Crippen LogP contribution in [0.4, 0.5) is 0 Å². The number of aryl methyl sites for hydroxylation is 1. The average Bonchev–Trinajstić information content (AvgIpc) is 2.69. The van der Waals surface area contributed by atoms with Gasteiger partial charge in [-0.15, -0.1) is 0 Å². The molecule has 138 valence electrons. The summed E-state index contributed by atoms with van der Waals surface area (Å²) in [5.74, 6) is -0.487. The lowest BCUT2D eigenvalue weighted by Crippen LogP contribution is -2.28. The number of unbranched alkanes of at least 4 members (excludes halogenated alkanes) is 2. The minimum Gasteiger partial charge on any atom is -0.351 e. The van der Waals surface area contributed by atoms with Gasteiger partial charge in [0, 0.05) is 13.1 Å². The second-order valence-electron chi connectivity index (χ2n) is 6.22. The van der Waals surface area contributed by atoms with E-state index in [9.17, 15) is 9.59 Å². The minimum absolute atomic E-state index is 0.236. The number of benzene rings is 1. The predicted molar refractivity (Wildman–Crippen MR) is 103 cm³/mol. The standard InChI is InChI=1S/C21H27N3O2/c1-2-3-7-15-22-20(25)18-13-8-14-19(24-18)21(26)23-16-9-12-17-10-5-4-6-11-17/h4-6,8,10-11,13-14H,2-3,7,9,12,15-16H2,1H3,(H,22,25)(H,23,26). The summed E-state index contributed by atoms with van der Waals surface area (Å²) in [5, 5.41) is 5.70. The van der Waals surface area contributed by atoms with Gasteiger partial charge in [0.25, 0.3) is 11.8 Å². The molecule has 0 unspecified atom stereocenters. The van der Waals surface area contributed by atoms with E-state index in [1.165, 1.54) is 5.56 Å². The topological polar surface area (TPSA) is 71.1 Å². The number of nitrogens with zero attached hydrogens (tertiary/aromatic N) is 1. The lowest BCUT2D eigenvalue weighted by Gasteiger charge is -2.07. The third-order valence-electron chi connectivity index (χ3n) is 4.05. The molecule has 1 aromatic carbocycles. The number of hydrogen-bond acceptors (Lipinski definition) is 3. The van der Waals surface area contributed by atoms with E-state index in [0.717, 1.165) is 32.1 Å². The smallest absolute Gasteiger partial charge is 0.269 e. The maximum absolute atomic E-state index is 12.2. The van der Waals surface area contributed by atoms with Crippen molar-refractivity contribution >= 4 is 11.8 Å². The molecule has 2 rings (SSSR count). The maximum Gasteiger partial charge on any atom is 0.269 e. The van der Waals surface area contributed by atoms with Crippen LogP contribution in [0.15, 0.2) is 48.5 Å². The first kappa shape index (κ1) is 19.6. The summed E-state index contributed by atoms with van der Waals surface area (Å²) in [6.45, 7) is 3.32. The van der Waals surface area contributed by atoms with Crippen molar-refractivity contribution in [1.29, 1.82) is 0 Å². The molecule has 1 aromatic heterocycles. The Kier molecular flexibility index (Phi) is 8.33. The lowest BCUT2D eigenvalue weighted by atomic mass is 10.1. The van der Waals surface area contributed by atoms with Crippen molar-refractivity contribution in [3.63, 3.8) is 0 Å². The number of aromatic nitrogens is 1. The Labute approximate surface area is 155 Å². The van der Waals surface area contributed by atoms with Crippen molar-refractivity contribution in [2.75, 3.05) is 13.1 Å². The molecule has 1 heterocycles. The van der Waals surface area contributed by atoms with Crippen LogP contribution in [-0.2, 0) is 6.42 Å². The van der Waals surface area contributed by atoms with Crippen LogP contribution in [0.5, 0.6) is 0 Å². The number of carbonyl (C=O) groups is 2. The van der Waals surface area contributed by atoms with Crippen molar-refractivity contribution in [3.8, 4) is 0 Å². The lowest BCUT2D eigenvalue weighted by molar-refractivity contribution is 0.0944. The Hall–Kier alpha value is -2.69. The Morgan fingerprint density at radius 1 is 0.808 bits per heavy atom. The van der Waals surface area contributed by atoms with Crippen LogP contribution in [0.1, 0.15) is 59.1 Å². The summed E-state index contributed by atoms with van der Waals surface area (Å²) < 4.78 is 0. The molecule has 0 atom stereocenters. The number of pyridine rings is 1. The van der Waals surface area contributed by atoms with Crippen LogP contribution in [0.2, 0.25) is 0 Å². The first-order valence-electron chi connectivity index (χ1n) is 9.28. The van der Waals surface area contributed by atoms with Crippen LogP contribution in [0, 0.1) is 0 Å². The number of nitrogens with one attached hydrogen (secondary N) is 2. The highest BCUT2D eigenvalue weighted by molar-refractivity contribution is 5.96. The Morgan fingerprint density at radius 2 is 1.42 bits per heavy atom. The molecule has 0 fully saturated rings. The van der Waals surface area contributed by atoms with Crippen LogP contribution in [-0.4, -0.2) is 29.9 Å². The summed E-state index contributed by atoms with van der Waals surface area (Å²) in [4.78, 5) is 28.5. The third-order valence-corrected chi connectivity index (χ3v) is 4.05. The van der Waals surface area contributed by atoms with Gasteiger partial charge in [0.05, 0.1) is 0 Å². The molecular formula is C21H27N3O2. The van der Waals surface area contributed by atoms with Crippen molar-refractivity contribution in [1.82, 2.24) is 15.6 Å². The number of carbonyl (C=O) groups excluding carboxylic acids is 2. The fraction of sp³-hybridized carbons (Fsp3) is 0.381. The van der Waals surface area contributed by atoms with Crippen molar-refractivity contribution in [2.24, 2.45) is 0 Å². The van der Waals surface area contributed by atoms with E-state index < -0.39 is 0 Å². The van der Waals surface area contributed by atoms with Gasteiger partial charge in [-0.1, -0.05) is 56.2 Å². The Balaban J connectivity index is 1.78. The van der Waals surface area contributed by atoms with Crippen molar-refractivity contribution < 1.29 is 9.59 Å². The zero-order valence-corrected chi connectivity index (χ0v) is 15.3. The van der Waals surface area contributed by atoms with Crippen molar-refractivity contribution in [2.45, 2.75) is 39.0 Å². The molecule has 0 bridgehead atoms. The normalized spacial score (nSPS) is 10.3. The van der Waals surface area contributed by atoms with Gasteiger partial charge in [0.1, 0.15) is 11.4 Å². The number of amides is 2. The van der Waals surface area contributed by atoms with E-state index in [-0.39, 0.29) is 23.2 Å². The molecule has 0 radical (unpaired) electrons. The van der Waals surface area contributed by atoms with E-state index in [1.54, 1.807) is 18.2 Å². The molecule has 0 aliphatic rings. The highest BCUT2D eigenvalue weighted by Crippen LogP contribution is 2.03. The van der Waals surface area contributed by atoms with Crippen LogP contribution in [0.3, 0.4) is 0 Å². The highest BCUT2D eigenvalue weighted by Gasteiger charge is 2.11. The van der Waals surface area contributed by atoms with E-state index in [0.29, 0.717) is 13.1 Å². The van der Waals surface area contributed by atoms with Gasteiger partial charge in [-0.3, -0.25) is 9.59 Å². The van der Waals surface area contributed by atoms with E-state index >= 15 is 0 Å². The quantitative estimate of drug-likeness (QED) is 0.643. The van der Waals surface area contributed by atoms with Gasteiger partial charge in [0.2, 0.25) is 0 Å². The molecule has 2 N–H and O–H groups in total. The SMILES string of the molecule is CCCCCNC(=O)c1cccc(C(=O)NCCCc2ccccc2)n1. The summed E-state index contributed by atoms with van der Waals surface area (Å²) in [7, 11) is 0. The fourth-order valence-electron chi connectivity index (χ4n) is 2.58. The molecule has 0 saturated heterocycles. The molecule has 0 aliphatic carbocycles. The van der Waals surface area contributed by atoms with Gasteiger partial charge < -0.3 is 10.6 Å². The van der Waals surface area contributed by atoms with Gasteiger partial charge in [-0.25, -0.2) is 4.98 Å². The molecule has 26 heavy (non-hydrogen) atoms. The van der Waals surface area contributed by atoms with Crippen LogP contribution < -0.4 is 10.6 Å². The van der Waals surface area contributed by atoms with Gasteiger partial charge in [0.15, 0.2) is 0 Å². The molecule has 2 aromatic rings. The molecule has 0 saturated carbocycles. The van der Waals surface area contributed by atoms with Gasteiger partial charge in [-0.05, 0) is 37.0 Å². The van der Waals surface area contributed by atoms with Crippen LogP contribution in [0.25, 0.3) is 0 Å². The summed E-state index contributed by atoms with van der Waals surface area (Å²) in [6.07, 6.45) is 4.90. The first-order chi connectivity index (χ1) is 12.7. The minimum atomic E-state index is -0.251. The highest BCUT2D eigenvalue weighted by atomic mass is 16.2. The Bertz CT molecular complexity index is 701. The number of hydrogen-bond donors (Lipinski definition) is 2. The second kappa shape index (κ2) is 11.0. The zero-order valence-electron chi connectivity index (χ0n) is 15.3. The molecule has 2 amide bonds. The van der Waals surface area contributed by atoms with Crippen molar-refractivity contribution in [3.05, 3.63) is 65.5 Å². The second-order valence-corrected chi connectivity index (χ2v) is 6.22. The monoisotopic (exact) mass is 353 g/mol. The fourth-order valence-corrected chi connectivity index (χ4v) is 2.58. The molecule has 5 heteroatoms. The van der Waals surface area contributed by atoms with Crippen LogP contribution >= 0.6 is 0 Å². The summed E-state index contributed by atoms with van der Waals surface area (Å²) in [6, 6.07) is 15.1. The largest absolute Gasteiger partial charge is 0.351 e. The van der Waals surface area contributed by atoms with E-state index in [4.69, 9.17) is 0 Å². The van der Waals surface area contributed by atoms with E-state index in [1.807, 2.05) is 18.2 Å². The molecule has 0 aliphatic heterocycles. The molecule has 0 spiro atoms. The third kappa shape index (κ3) is 6.67. The molecule has 5 nitrogen and oxygen atoms in total. The first-order valence-corrected chi connectivity index (χ1v) is 9.28. The maximum atomic E-state index is 12.2. The zero-order chi connectivity index (χ0) is 18.6. The predicted octanol–water partition coefficient (Wildman–Crippen LogP) is 3.36. The van der Waals surface area contributed by atoms with Gasteiger partial charge in [-0.2, -0.15) is 0 Å². The summed E-state index contributed by atoms with van der Waals surface area (Å²) >= 11 is 0. The number of rotatable bonds is 10. The molecular weight excluding hydrogens is 326 g/mol. The van der Waals surface area contributed by atoms with E-state index in [2.05, 4.69) is 34.7 Å².